The third-order valence-corrected chi connectivity index (χ3v) is 6.02. The van der Waals surface area contributed by atoms with Gasteiger partial charge in [-0.3, -0.25) is 4.79 Å². The Labute approximate surface area is 200 Å². The maximum absolute atomic E-state index is 12.6. The minimum atomic E-state index is -4.14. The number of hydrogen-bond donors (Lipinski definition) is 1. The molecule has 0 aliphatic carbocycles. The number of benzene rings is 3. The van der Waals surface area contributed by atoms with Crippen molar-refractivity contribution in [1.82, 2.24) is 5.43 Å². The summed E-state index contributed by atoms with van der Waals surface area (Å²) in [6.45, 7) is 0. The molecule has 11 heteroatoms. The third kappa shape index (κ3) is 6.16. The molecule has 0 bridgehead atoms. The van der Waals surface area contributed by atoms with Gasteiger partial charge in [0.15, 0.2) is 17.2 Å². The van der Waals surface area contributed by atoms with Crippen molar-refractivity contribution < 1.29 is 26.9 Å². The average molecular weight is 509 g/mol. The van der Waals surface area contributed by atoms with Gasteiger partial charge in [0.05, 0.1) is 20.4 Å². The summed E-state index contributed by atoms with van der Waals surface area (Å²) < 4.78 is 40.8. The number of amides is 1. The van der Waals surface area contributed by atoms with Gasteiger partial charge in [-0.1, -0.05) is 23.2 Å². The van der Waals surface area contributed by atoms with Crippen LogP contribution in [0.25, 0.3) is 0 Å². The van der Waals surface area contributed by atoms with Crippen molar-refractivity contribution in [2.24, 2.45) is 5.10 Å². The molecule has 0 saturated carbocycles. The van der Waals surface area contributed by atoms with Crippen molar-refractivity contribution in [3.8, 4) is 17.2 Å². The predicted molar refractivity (Wildman–Crippen MR) is 125 cm³/mol. The number of nitrogens with zero attached hydrogens (tertiary/aromatic N) is 1. The molecular weight excluding hydrogens is 491 g/mol. The maximum atomic E-state index is 12.6. The van der Waals surface area contributed by atoms with Crippen LogP contribution < -0.4 is 19.1 Å². The fraction of sp³-hybridized carbons (Fsp3) is 0.0909. The molecular formula is C22H18Cl2N2O6S. The highest BCUT2D eigenvalue weighted by atomic mass is 35.5. The Morgan fingerprint density at radius 3 is 2.18 bits per heavy atom. The first-order chi connectivity index (χ1) is 15.7. The Kier molecular flexibility index (Phi) is 7.80. The van der Waals surface area contributed by atoms with Crippen LogP contribution in [0.3, 0.4) is 0 Å². The zero-order valence-corrected chi connectivity index (χ0v) is 19.7. The summed E-state index contributed by atoms with van der Waals surface area (Å²) in [7, 11) is -1.20. The van der Waals surface area contributed by atoms with Crippen LogP contribution in [0, 0.1) is 0 Å². The van der Waals surface area contributed by atoms with Gasteiger partial charge in [-0.2, -0.15) is 13.5 Å². The van der Waals surface area contributed by atoms with E-state index in [4.69, 9.17) is 36.9 Å². The smallest absolute Gasteiger partial charge is 0.339 e. The average Bonchev–Trinajstić information content (AvgIpc) is 2.80. The predicted octanol–water partition coefficient (Wildman–Crippen LogP) is 4.54. The number of carbonyl (C=O) groups is 1. The standard InChI is InChI=1S/C22H18Cl2N2O6S/c1-30-20-9-3-14(12-21(20)31-2)22(27)26-25-13-15-11-17(24)6-10-19(15)32-33(28,29)18-7-4-16(23)5-8-18/h3-13H,1-2H3,(H,26,27)/b25-13+. The van der Waals surface area contributed by atoms with E-state index in [9.17, 15) is 13.2 Å². The van der Waals surface area contributed by atoms with Crippen LogP contribution >= 0.6 is 23.2 Å². The van der Waals surface area contributed by atoms with Gasteiger partial charge in [-0.25, -0.2) is 5.43 Å². The fourth-order valence-corrected chi connectivity index (χ4v) is 3.93. The van der Waals surface area contributed by atoms with E-state index < -0.39 is 16.0 Å². The van der Waals surface area contributed by atoms with Crippen LogP contribution in [0.4, 0.5) is 0 Å². The number of methoxy groups -OCH3 is 2. The van der Waals surface area contributed by atoms with E-state index in [1.165, 1.54) is 69.0 Å². The molecule has 0 saturated heterocycles. The Hall–Kier alpha value is -3.27. The first kappa shape index (κ1) is 24.4. The van der Waals surface area contributed by atoms with Gasteiger partial charge in [0.2, 0.25) is 0 Å². The second-order valence-electron chi connectivity index (χ2n) is 6.44. The summed E-state index contributed by atoms with van der Waals surface area (Å²) in [6, 6.07) is 14.4. The van der Waals surface area contributed by atoms with Crippen molar-refractivity contribution >= 4 is 45.4 Å². The Morgan fingerprint density at radius 2 is 1.52 bits per heavy atom. The first-order valence-electron chi connectivity index (χ1n) is 9.28. The number of rotatable bonds is 8. The summed E-state index contributed by atoms with van der Waals surface area (Å²) in [6.07, 6.45) is 1.22. The molecule has 0 radical (unpaired) electrons. The van der Waals surface area contributed by atoms with E-state index in [1.54, 1.807) is 12.1 Å². The summed E-state index contributed by atoms with van der Waals surface area (Å²) >= 11 is 11.8. The maximum Gasteiger partial charge on any atom is 0.339 e. The van der Waals surface area contributed by atoms with Gasteiger partial charge in [-0.15, -0.1) is 0 Å². The summed E-state index contributed by atoms with van der Waals surface area (Å²) in [5, 5.41) is 4.59. The van der Waals surface area contributed by atoms with E-state index in [1.807, 2.05) is 0 Å². The molecule has 0 aromatic heterocycles. The van der Waals surface area contributed by atoms with Crippen LogP contribution in [0.5, 0.6) is 17.2 Å². The summed E-state index contributed by atoms with van der Waals surface area (Å²) in [4.78, 5) is 12.3. The highest BCUT2D eigenvalue weighted by Crippen LogP contribution is 2.28. The molecule has 3 aromatic carbocycles. The van der Waals surface area contributed by atoms with Gasteiger partial charge in [-0.05, 0) is 60.7 Å². The Balaban J connectivity index is 1.79. The molecule has 0 spiro atoms. The quantitative estimate of drug-likeness (QED) is 0.272. The molecule has 0 fully saturated rings. The second kappa shape index (κ2) is 10.6. The molecule has 3 rings (SSSR count). The monoisotopic (exact) mass is 508 g/mol. The van der Waals surface area contributed by atoms with Crippen LogP contribution in [0.2, 0.25) is 10.0 Å². The van der Waals surface area contributed by atoms with Gasteiger partial charge in [0, 0.05) is 21.2 Å². The van der Waals surface area contributed by atoms with Gasteiger partial charge >= 0.3 is 10.1 Å². The largest absolute Gasteiger partial charge is 0.493 e. The lowest BCUT2D eigenvalue weighted by Gasteiger charge is -2.10. The van der Waals surface area contributed by atoms with Crippen molar-refractivity contribution in [3.63, 3.8) is 0 Å². The number of ether oxygens (including phenoxy) is 2. The molecule has 0 unspecified atom stereocenters. The lowest BCUT2D eigenvalue weighted by molar-refractivity contribution is 0.0954. The van der Waals surface area contributed by atoms with Gasteiger partial charge in [0.25, 0.3) is 5.91 Å². The van der Waals surface area contributed by atoms with Crippen LogP contribution in [0.15, 0.2) is 70.7 Å². The first-order valence-corrected chi connectivity index (χ1v) is 11.4. The van der Waals surface area contributed by atoms with Crippen molar-refractivity contribution in [2.75, 3.05) is 14.2 Å². The fourth-order valence-electron chi connectivity index (χ4n) is 2.67. The van der Waals surface area contributed by atoms with Gasteiger partial charge in [0.1, 0.15) is 4.90 Å². The zero-order chi connectivity index (χ0) is 24.0. The molecule has 0 atom stereocenters. The molecule has 8 nitrogen and oxygen atoms in total. The van der Waals surface area contributed by atoms with E-state index in [-0.39, 0.29) is 21.8 Å². The lowest BCUT2D eigenvalue weighted by atomic mass is 10.2. The van der Waals surface area contributed by atoms with Crippen molar-refractivity contribution in [1.29, 1.82) is 0 Å². The number of halogens is 2. The van der Waals surface area contributed by atoms with Crippen molar-refractivity contribution in [2.45, 2.75) is 4.90 Å². The number of hydrogen-bond acceptors (Lipinski definition) is 7. The highest BCUT2D eigenvalue weighted by molar-refractivity contribution is 7.87. The Bertz CT molecular complexity index is 1290. The normalized spacial score (nSPS) is 11.3. The van der Waals surface area contributed by atoms with Crippen LogP contribution in [0.1, 0.15) is 15.9 Å². The second-order valence-corrected chi connectivity index (χ2v) is 8.86. The van der Waals surface area contributed by atoms with E-state index >= 15 is 0 Å². The third-order valence-electron chi connectivity index (χ3n) is 4.29. The van der Waals surface area contributed by atoms with Crippen LogP contribution in [-0.2, 0) is 10.1 Å². The molecule has 1 N–H and O–H groups in total. The molecule has 3 aromatic rings. The molecule has 0 aliphatic heterocycles. The molecule has 0 heterocycles. The topological polar surface area (TPSA) is 103 Å². The summed E-state index contributed by atoms with van der Waals surface area (Å²) in [5.41, 5.74) is 2.86. The molecule has 0 aliphatic rings. The summed E-state index contributed by atoms with van der Waals surface area (Å²) in [5.74, 6) is 0.302. The SMILES string of the molecule is COc1ccc(C(=O)N/N=C/c2cc(Cl)ccc2OS(=O)(=O)c2ccc(Cl)cc2)cc1OC. The van der Waals surface area contributed by atoms with E-state index in [2.05, 4.69) is 10.5 Å². The zero-order valence-electron chi connectivity index (χ0n) is 17.4. The van der Waals surface area contributed by atoms with E-state index in [0.717, 1.165) is 0 Å². The van der Waals surface area contributed by atoms with Crippen LogP contribution in [-0.4, -0.2) is 34.8 Å². The number of carbonyl (C=O) groups excluding carboxylic acids is 1. The molecule has 33 heavy (non-hydrogen) atoms. The molecule has 1 amide bonds. The number of hydrazone groups is 1. The number of nitrogens with one attached hydrogen (secondary N) is 1. The van der Waals surface area contributed by atoms with Crippen molar-refractivity contribution in [3.05, 3.63) is 81.8 Å². The van der Waals surface area contributed by atoms with Gasteiger partial charge < -0.3 is 13.7 Å². The minimum Gasteiger partial charge on any atom is -0.493 e. The highest BCUT2D eigenvalue weighted by Gasteiger charge is 2.18. The minimum absolute atomic E-state index is 0.0292. The molecule has 172 valence electrons. The lowest BCUT2D eigenvalue weighted by Crippen LogP contribution is -2.18. The Morgan fingerprint density at radius 1 is 0.879 bits per heavy atom. The van der Waals surface area contributed by atoms with E-state index in [0.29, 0.717) is 21.5 Å².